The predicted octanol–water partition coefficient (Wildman–Crippen LogP) is 1.25. The number of anilines is 2. The molecule has 2 aromatic rings. The monoisotopic (exact) mass is 276 g/mol. The molecule has 0 saturated carbocycles. The molecule has 0 aromatic carbocycles. The first-order chi connectivity index (χ1) is 9.33. The Morgan fingerprint density at radius 1 is 0.895 bits per heavy atom. The number of piperazine rings is 1. The summed E-state index contributed by atoms with van der Waals surface area (Å²) >= 11 is 5.81. The zero-order chi connectivity index (χ0) is 13.1. The summed E-state index contributed by atoms with van der Waals surface area (Å²) in [5.74, 6) is 1.65. The highest BCUT2D eigenvalue weighted by Crippen LogP contribution is 2.16. The molecule has 19 heavy (non-hydrogen) atoms. The van der Waals surface area contributed by atoms with Crippen molar-refractivity contribution in [1.29, 1.82) is 0 Å². The van der Waals surface area contributed by atoms with Crippen LogP contribution in [0.5, 0.6) is 0 Å². The zero-order valence-electron chi connectivity index (χ0n) is 10.3. The van der Waals surface area contributed by atoms with Gasteiger partial charge in [0.2, 0.25) is 11.2 Å². The fourth-order valence-electron chi connectivity index (χ4n) is 2.09. The van der Waals surface area contributed by atoms with E-state index in [1.165, 1.54) is 0 Å². The summed E-state index contributed by atoms with van der Waals surface area (Å²) in [7, 11) is 0. The molecule has 0 atom stereocenters. The van der Waals surface area contributed by atoms with Crippen molar-refractivity contribution in [3.8, 4) is 0 Å². The molecule has 7 heteroatoms. The maximum atomic E-state index is 5.81. The predicted molar refractivity (Wildman–Crippen MR) is 73.5 cm³/mol. The van der Waals surface area contributed by atoms with Crippen molar-refractivity contribution in [3.05, 3.63) is 36.0 Å². The lowest BCUT2D eigenvalue weighted by atomic mass is 10.3. The molecule has 0 aliphatic carbocycles. The summed E-state index contributed by atoms with van der Waals surface area (Å²) < 4.78 is 0. The Bertz CT molecular complexity index is 541. The summed E-state index contributed by atoms with van der Waals surface area (Å²) in [6.07, 6.45) is 5.20. The zero-order valence-corrected chi connectivity index (χ0v) is 11.0. The van der Waals surface area contributed by atoms with Gasteiger partial charge in [-0.05, 0) is 23.7 Å². The molecule has 6 nitrogen and oxygen atoms in total. The minimum Gasteiger partial charge on any atom is -0.353 e. The van der Waals surface area contributed by atoms with Gasteiger partial charge in [0.25, 0.3) is 0 Å². The molecule has 0 N–H and O–H groups in total. The van der Waals surface area contributed by atoms with E-state index in [0.717, 1.165) is 37.9 Å². The van der Waals surface area contributed by atoms with Crippen LogP contribution in [0.15, 0.2) is 30.7 Å². The molecule has 98 valence electrons. The molecule has 3 rings (SSSR count). The third kappa shape index (κ3) is 2.73. The standard InChI is InChI=1S/C12H13ClN6/c13-11-14-5-2-10(17-11)18-6-8-19(9-7-18)12-15-3-1-4-16-12/h1-5H,6-9H2. The average Bonchev–Trinajstić information content (AvgIpc) is 2.48. The Labute approximate surface area is 116 Å². The quantitative estimate of drug-likeness (QED) is 0.770. The van der Waals surface area contributed by atoms with E-state index in [-0.39, 0.29) is 5.28 Å². The highest BCUT2D eigenvalue weighted by molar-refractivity contribution is 6.28. The fourth-order valence-corrected chi connectivity index (χ4v) is 2.24. The summed E-state index contributed by atoms with van der Waals surface area (Å²) in [4.78, 5) is 21.0. The molecule has 1 fully saturated rings. The smallest absolute Gasteiger partial charge is 0.225 e. The van der Waals surface area contributed by atoms with Crippen molar-refractivity contribution in [2.75, 3.05) is 36.0 Å². The Balaban J connectivity index is 1.67. The van der Waals surface area contributed by atoms with Gasteiger partial charge >= 0.3 is 0 Å². The first-order valence-electron chi connectivity index (χ1n) is 6.08. The molecule has 0 unspecified atom stereocenters. The van der Waals surface area contributed by atoms with E-state index in [1.54, 1.807) is 18.6 Å². The van der Waals surface area contributed by atoms with E-state index in [4.69, 9.17) is 11.6 Å². The third-order valence-corrected chi connectivity index (χ3v) is 3.23. The van der Waals surface area contributed by atoms with E-state index in [0.29, 0.717) is 0 Å². The number of nitrogens with zero attached hydrogens (tertiary/aromatic N) is 6. The van der Waals surface area contributed by atoms with Crippen LogP contribution < -0.4 is 9.80 Å². The number of aromatic nitrogens is 4. The first-order valence-corrected chi connectivity index (χ1v) is 6.46. The normalized spacial score (nSPS) is 15.6. The lowest BCUT2D eigenvalue weighted by Crippen LogP contribution is -2.47. The summed E-state index contributed by atoms with van der Waals surface area (Å²) in [5.41, 5.74) is 0. The van der Waals surface area contributed by atoms with E-state index in [1.807, 2.05) is 12.1 Å². The van der Waals surface area contributed by atoms with Gasteiger partial charge in [0, 0.05) is 44.8 Å². The topological polar surface area (TPSA) is 58.0 Å². The van der Waals surface area contributed by atoms with Crippen molar-refractivity contribution in [3.63, 3.8) is 0 Å². The Hall–Kier alpha value is -1.95. The molecule has 3 heterocycles. The second-order valence-corrected chi connectivity index (χ2v) is 4.54. The molecule has 1 saturated heterocycles. The lowest BCUT2D eigenvalue weighted by molar-refractivity contribution is 0.634. The maximum absolute atomic E-state index is 5.81. The van der Waals surface area contributed by atoms with Crippen molar-refractivity contribution in [2.24, 2.45) is 0 Å². The van der Waals surface area contributed by atoms with Crippen LogP contribution in [0, 0.1) is 0 Å². The highest BCUT2D eigenvalue weighted by atomic mass is 35.5. The van der Waals surface area contributed by atoms with Gasteiger partial charge in [0.05, 0.1) is 0 Å². The van der Waals surface area contributed by atoms with Gasteiger partial charge in [-0.15, -0.1) is 0 Å². The van der Waals surface area contributed by atoms with Crippen LogP contribution in [0.25, 0.3) is 0 Å². The van der Waals surface area contributed by atoms with E-state index >= 15 is 0 Å². The summed E-state index contributed by atoms with van der Waals surface area (Å²) in [6, 6.07) is 3.70. The SMILES string of the molecule is Clc1nccc(N2CCN(c3ncccn3)CC2)n1. The number of hydrogen-bond acceptors (Lipinski definition) is 6. The van der Waals surface area contributed by atoms with Crippen LogP contribution in [0.4, 0.5) is 11.8 Å². The maximum Gasteiger partial charge on any atom is 0.225 e. The van der Waals surface area contributed by atoms with Crippen molar-refractivity contribution >= 4 is 23.4 Å². The Kier molecular flexibility index (Phi) is 3.41. The Morgan fingerprint density at radius 2 is 1.58 bits per heavy atom. The first kappa shape index (κ1) is 12.1. The van der Waals surface area contributed by atoms with Crippen LogP contribution in [-0.4, -0.2) is 46.1 Å². The van der Waals surface area contributed by atoms with Gasteiger partial charge in [-0.1, -0.05) is 0 Å². The van der Waals surface area contributed by atoms with Crippen LogP contribution in [0.1, 0.15) is 0 Å². The molecule has 0 spiro atoms. The van der Waals surface area contributed by atoms with Gasteiger partial charge in [0.1, 0.15) is 5.82 Å². The van der Waals surface area contributed by atoms with Gasteiger partial charge in [-0.25, -0.2) is 19.9 Å². The van der Waals surface area contributed by atoms with Gasteiger partial charge in [0.15, 0.2) is 0 Å². The number of rotatable bonds is 2. The molecule has 0 radical (unpaired) electrons. The largest absolute Gasteiger partial charge is 0.353 e. The van der Waals surface area contributed by atoms with Crippen LogP contribution in [-0.2, 0) is 0 Å². The average molecular weight is 277 g/mol. The molecular formula is C12H13ClN6. The molecule has 0 amide bonds. The van der Waals surface area contributed by atoms with Crippen LogP contribution >= 0.6 is 11.6 Å². The van der Waals surface area contributed by atoms with E-state index in [9.17, 15) is 0 Å². The van der Waals surface area contributed by atoms with Crippen molar-refractivity contribution in [1.82, 2.24) is 19.9 Å². The minimum absolute atomic E-state index is 0.284. The van der Waals surface area contributed by atoms with Crippen LogP contribution in [0.2, 0.25) is 5.28 Å². The van der Waals surface area contributed by atoms with Gasteiger partial charge in [-0.2, -0.15) is 0 Å². The molecular weight excluding hydrogens is 264 g/mol. The third-order valence-electron chi connectivity index (χ3n) is 3.05. The fraction of sp³-hybridized carbons (Fsp3) is 0.333. The molecule has 0 bridgehead atoms. The second kappa shape index (κ2) is 5.36. The Morgan fingerprint density at radius 3 is 2.26 bits per heavy atom. The second-order valence-electron chi connectivity index (χ2n) is 4.21. The van der Waals surface area contributed by atoms with Crippen LogP contribution in [0.3, 0.4) is 0 Å². The summed E-state index contributed by atoms with van der Waals surface area (Å²) in [5, 5.41) is 0.284. The number of hydrogen-bond donors (Lipinski definition) is 0. The number of halogens is 1. The highest BCUT2D eigenvalue weighted by Gasteiger charge is 2.19. The lowest BCUT2D eigenvalue weighted by Gasteiger charge is -2.35. The van der Waals surface area contributed by atoms with Crippen molar-refractivity contribution in [2.45, 2.75) is 0 Å². The molecule has 1 aliphatic heterocycles. The molecule has 2 aromatic heterocycles. The summed E-state index contributed by atoms with van der Waals surface area (Å²) in [6.45, 7) is 3.47. The molecule has 1 aliphatic rings. The van der Waals surface area contributed by atoms with Crippen molar-refractivity contribution < 1.29 is 0 Å². The minimum atomic E-state index is 0.284. The van der Waals surface area contributed by atoms with Gasteiger partial charge in [-0.3, -0.25) is 0 Å². The van der Waals surface area contributed by atoms with E-state index < -0.39 is 0 Å². The van der Waals surface area contributed by atoms with E-state index in [2.05, 4.69) is 29.7 Å². The van der Waals surface area contributed by atoms with Gasteiger partial charge < -0.3 is 9.80 Å².